The quantitative estimate of drug-likeness (QED) is 0.278. The molecule has 0 aliphatic heterocycles. The van der Waals surface area contributed by atoms with Crippen molar-refractivity contribution in [1.82, 2.24) is 4.98 Å². The predicted octanol–water partition coefficient (Wildman–Crippen LogP) is 5.11. The van der Waals surface area contributed by atoms with Crippen molar-refractivity contribution in [2.24, 2.45) is 0 Å². The zero-order valence-electron chi connectivity index (χ0n) is 12.9. The smallest absolute Gasteiger partial charge is 0.222 e. The van der Waals surface area contributed by atoms with Crippen LogP contribution < -0.4 is 9.47 Å². The van der Waals surface area contributed by atoms with Gasteiger partial charge in [-0.15, -0.1) is 0 Å². The molecule has 134 valence electrons. The van der Waals surface area contributed by atoms with Crippen LogP contribution in [-0.2, 0) is 9.84 Å². The molecule has 0 aliphatic rings. The van der Waals surface area contributed by atoms with E-state index in [-0.39, 0.29) is 12.4 Å². The first-order valence-electron chi connectivity index (χ1n) is 7.07. The summed E-state index contributed by atoms with van der Waals surface area (Å²) in [7, 11) is -3.21. The normalized spacial score (nSPS) is 11.2. The molecule has 9 heteroatoms. The molecule has 25 heavy (non-hydrogen) atoms. The van der Waals surface area contributed by atoms with Crippen LogP contribution in [0.2, 0.25) is 10.0 Å². The van der Waals surface area contributed by atoms with Crippen molar-refractivity contribution < 1.29 is 17.9 Å². The highest BCUT2D eigenvalue weighted by molar-refractivity contribution is 14.1. The lowest BCUT2D eigenvalue weighted by atomic mass is 10.3. The molecule has 1 aromatic carbocycles. The van der Waals surface area contributed by atoms with Crippen LogP contribution >= 0.6 is 45.8 Å². The van der Waals surface area contributed by atoms with Gasteiger partial charge >= 0.3 is 0 Å². The molecule has 0 aliphatic carbocycles. The second kappa shape index (κ2) is 9.07. The van der Waals surface area contributed by atoms with Crippen LogP contribution in [-0.4, -0.2) is 25.8 Å². The molecule has 0 bridgehead atoms. The fraction of sp³-hybridized carbons (Fsp3) is 0.188. The molecule has 0 spiro atoms. The fourth-order valence-electron chi connectivity index (χ4n) is 1.77. The van der Waals surface area contributed by atoms with Crippen molar-refractivity contribution in [2.75, 3.05) is 12.4 Å². The molecular formula is C16H14Cl2INO4S. The Morgan fingerprint density at radius 3 is 2.68 bits per heavy atom. The van der Waals surface area contributed by atoms with Gasteiger partial charge in [-0.2, -0.15) is 0 Å². The van der Waals surface area contributed by atoms with E-state index in [0.29, 0.717) is 33.8 Å². The average Bonchev–Trinajstić information content (AvgIpc) is 2.57. The summed E-state index contributed by atoms with van der Waals surface area (Å²) in [6, 6.07) is 6.58. The molecular weight excluding hydrogens is 500 g/mol. The number of sulfone groups is 1. The van der Waals surface area contributed by atoms with Gasteiger partial charge in [0.25, 0.3) is 0 Å². The minimum atomic E-state index is -3.21. The molecule has 0 saturated heterocycles. The first kappa shape index (κ1) is 20.3. The number of aromatic nitrogens is 1. The van der Waals surface area contributed by atoms with E-state index in [2.05, 4.69) is 34.2 Å². The summed E-state index contributed by atoms with van der Waals surface area (Å²) < 4.78 is 34.7. The highest BCUT2D eigenvalue weighted by atomic mass is 127. The Bertz CT molecular complexity index is 874. The van der Waals surface area contributed by atoms with Gasteiger partial charge in [-0.25, -0.2) is 13.4 Å². The highest BCUT2D eigenvalue weighted by Gasteiger charge is 2.10. The van der Waals surface area contributed by atoms with E-state index in [1.54, 1.807) is 24.3 Å². The zero-order chi connectivity index (χ0) is 18.4. The maximum Gasteiger partial charge on any atom is 0.222 e. The average molecular weight is 514 g/mol. The second-order valence-electron chi connectivity index (χ2n) is 4.86. The molecule has 0 radical (unpaired) electrons. The van der Waals surface area contributed by atoms with E-state index in [9.17, 15) is 8.42 Å². The van der Waals surface area contributed by atoms with Gasteiger partial charge in [0.2, 0.25) is 5.88 Å². The van der Waals surface area contributed by atoms with Crippen molar-refractivity contribution in [1.29, 1.82) is 0 Å². The van der Waals surface area contributed by atoms with Gasteiger partial charge in [0.15, 0.2) is 9.84 Å². The first-order valence-corrected chi connectivity index (χ1v) is 10.6. The largest absolute Gasteiger partial charge is 0.493 e. The Balaban J connectivity index is 1.99. The van der Waals surface area contributed by atoms with E-state index >= 15 is 0 Å². The van der Waals surface area contributed by atoms with Gasteiger partial charge in [-0.1, -0.05) is 29.8 Å². The third kappa shape index (κ3) is 6.32. The van der Waals surface area contributed by atoms with E-state index in [1.165, 1.54) is 6.20 Å². The highest BCUT2D eigenvalue weighted by Crippen LogP contribution is 2.34. The number of ether oxygens (including phenoxy) is 2. The maximum atomic E-state index is 11.3. The minimum absolute atomic E-state index is 0.00753. The summed E-state index contributed by atoms with van der Waals surface area (Å²) in [6.45, 7) is 3.52. The Labute approximate surface area is 170 Å². The van der Waals surface area contributed by atoms with Crippen LogP contribution in [0, 0.1) is 3.57 Å². The Morgan fingerprint density at radius 1 is 1.24 bits per heavy atom. The molecule has 1 heterocycles. The molecule has 0 saturated carbocycles. The summed E-state index contributed by atoms with van der Waals surface area (Å²) in [5.74, 6) is 1.37. The summed E-state index contributed by atoms with van der Waals surface area (Å²) in [5.41, 5.74) is 0. The monoisotopic (exact) mass is 513 g/mol. The van der Waals surface area contributed by atoms with Crippen molar-refractivity contribution in [3.8, 4) is 17.4 Å². The van der Waals surface area contributed by atoms with Gasteiger partial charge in [0, 0.05) is 23.7 Å². The first-order chi connectivity index (χ1) is 11.8. The third-order valence-electron chi connectivity index (χ3n) is 2.99. The Kier molecular flexibility index (Phi) is 7.36. The molecule has 1 aromatic heterocycles. The van der Waals surface area contributed by atoms with Crippen LogP contribution in [0.4, 0.5) is 0 Å². The van der Waals surface area contributed by atoms with Crippen LogP contribution in [0.25, 0.3) is 0 Å². The minimum Gasteiger partial charge on any atom is -0.493 e. The van der Waals surface area contributed by atoms with Crippen LogP contribution in [0.1, 0.15) is 6.42 Å². The molecule has 0 atom stereocenters. The molecule has 0 N–H and O–H groups in total. The van der Waals surface area contributed by atoms with Crippen molar-refractivity contribution in [2.45, 2.75) is 6.42 Å². The van der Waals surface area contributed by atoms with Gasteiger partial charge in [0.05, 0.1) is 26.0 Å². The van der Waals surface area contributed by atoms with Gasteiger partial charge < -0.3 is 9.47 Å². The molecule has 2 aromatic rings. The number of nitrogens with zero attached hydrogens (tertiary/aromatic N) is 1. The molecule has 2 rings (SSSR count). The lowest BCUT2D eigenvalue weighted by Gasteiger charge is -2.10. The number of benzene rings is 1. The molecule has 5 nitrogen and oxygen atoms in total. The van der Waals surface area contributed by atoms with Crippen molar-refractivity contribution in [3.63, 3.8) is 0 Å². The molecule has 0 amide bonds. The van der Waals surface area contributed by atoms with E-state index in [1.807, 2.05) is 0 Å². The summed E-state index contributed by atoms with van der Waals surface area (Å²) >= 11 is 14.0. The summed E-state index contributed by atoms with van der Waals surface area (Å²) in [5, 5.41) is 1.77. The maximum absolute atomic E-state index is 11.3. The lowest BCUT2D eigenvalue weighted by Crippen LogP contribution is -2.07. The second-order valence-corrected chi connectivity index (χ2v) is 8.91. The molecule has 0 fully saturated rings. The van der Waals surface area contributed by atoms with Gasteiger partial charge in [-0.3, -0.25) is 0 Å². The number of hydrogen-bond acceptors (Lipinski definition) is 5. The van der Waals surface area contributed by atoms with Crippen LogP contribution in [0.15, 0.2) is 42.4 Å². The number of rotatable bonds is 8. The standard InChI is InChI=1S/C16H14Cl2INO4S/c1-2-25(21,22)7-3-6-23-11-4-5-20-16(8-11)24-15-10-13(18)12(17)9-14(15)19/h2,4-5,8-10H,1,3,6-7H2. The van der Waals surface area contributed by atoms with Crippen LogP contribution in [0.5, 0.6) is 17.4 Å². The summed E-state index contributed by atoms with van der Waals surface area (Å²) in [4.78, 5) is 4.12. The van der Waals surface area contributed by atoms with Crippen molar-refractivity contribution in [3.05, 3.63) is 56.1 Å². The van der Waals surface area contributed by atoms with Crippen molar-refractivity contribution >= 4 is 55.6 Å². The topological polar surface area (TPSA) is 65.5 Å². The van der Waals surface area contributed by atoms with E-state index in [0.717, 1.165) is 8.98 Å². The van der Waals surface area contributed by atoms with Gasteiger partial charge in [-0.05, 0) is 41.1 Å². The fourth-order valence-corrected chi connectivity index (χ4v) is 3.53. The number of pyridine rings is 1. The predicted molar refractivity (Wildman–Crippen MR) is 108 cm³/mol. The Morgan fingerprint density at radius 2 is 1.96 bits per heavy atom. The van der Waals surface area contributed by atoms with Gasteiger partial charge in [0.1, 0.15) is 11.5 Å². The van der Waals surface area contributed by atoms with E-state index < -0.39 is 9.84 Å². The number of halogens is 3. The SMILES string of the molecule is C=CS(=O)(=O)CCCOc1ccnc(Oc2cc(Cl)c(Cl)cc2I)c1. The molecule has 0 unspecified atom stereocenters. The van der Waals surface area contributed by atoms with E-state index in [4.69, 9.17) is 32.7 Å². The summed E-state index contributed by atoms with van der Waals surface area (Å²) in [6.07, 6.45) is 1.90. The van der Waals surface area contributed by atoms with Crippen LogP contribution in [0.3, 0.4) is 0 Å². The lowest BCUT2D eigenvalue weighted by molar-refractivity contribution is 0.315. The number of hydrogen-bond donors (Lipinski definition) is 0. The Hall–Kier alpha value is -1.03. The third-order valence-corrected chi connectivity index (χ3v) is 5.92. The zero-order valence-corrected chi connectivity index (χ0v) is 17.4.